The molecular formula is C13H21NOS. The quantitative estimate of drug-likeness (QED) is 0.858. The van der Waals surface area contributed by atoms with Crippen LogP contribution in [0.5, 0.6) is 0 Å². The normalized spacial score (nSPS) is 27.9. The van der Waals surface area contributed by atoms with Gasteiger partial charge in [0.15, 0.2) is 0 Å². The number of aliphatic hydroxyl groups is 1. The van der Waals surface area contributed by atoms with Gasteiger partial charge < -0.3 is 10.0 Å². The maximum atomic E-state index is 10.8. The molecule has 0 bridgehead atoms. The molecule has 0 amide bonds. The van der Waals surface area contributed by atoms with Crippen LogP contribution < -0.4 is 0 Å². The van der Waals surface area contributed by atoms with E-state index in [-0.39, 0.29) is 0 Å². The van der Waals surface area contributed by atoms with Crippen LogP contribution in [0.2, 0.25) is 0 Å². The van der Waals surface area contributed by atoms with Crippen molar-refractivity contribution in [1.29, 1.82) is 0 Å². The van der Waals surface area contributed by atoms with Crippen LogP contribution in [0.1, 0.15) is 36.6 Å². The Balaban J connectivity index is 2.16. The zero-order chi connectivity index (χ0) is 11.6. The summed E-state index contributed by atoms with van der Waals surface area (Å²) >= 11 is 1.74. The first kappa shape index (κ1) is 12.1. The molecule has 1 aromatic rings. The Bertz CT molecular complexity index is 349. The number of thiophene rings is 1. The molecule has 1 N–H and O–H groups in total. The second-order valence-electron chi connectivity index (χ2n) is 4.71. The molecule has 90 valence electrons. The van der Waals surface area contributed by atoms with Gasteiger partial charge in [0.1, 0.15) is 0 Å². The van der Waals surface area contributed by atoms with E-state index >= 15 is 0 Å². The van der Waals surface area contributed by atoms with Crippen molar-refractivity contribution in [3.05, 3.63) is 21.9 Å². The molecule has 1 saturated heterocycles. The average molecular weight is 239 g/mol. The Morgan fingerprint density at radius 2 is 2.25 bits per heavy atom. The smallest absolute Gasteiger partial charge is 0.0919 e. The fraction of sp³-hybridized carbons (Fsp3) is 0.692. The highest BCUT2D eigenvalue weighted by atomic mass is 32.1. The molecule has 0 aliphatic carbocycles. The third-order valence-corrected chi connectivity index (χ3v) is 4.56. The Morgan fingerprint density at radius 1 is 1.44 bits per heavy atom. The lowest BCUT2D eigenvalue weighted by molar-refractivity contribution is 0.0212. The molecule has 2 rings (SSSR count). The molecule has 0 aromatic carbocycles. The number of rotatable bonds is 2. The van der Waals surface area contributed by atoms with Crippen molar-refractivity contribution in [2.75, 3.05) is 19.6 Å². The molecule has 1 atom stereocenters. The lowest BCUT2D eigenvalue weighted by Gasteiger charge is -2.27. The number of hydrogen-bond donors (Lipinski definition) is 1. The van der Waals surface area contributed by atoms with Crippen molar-refractivity contribution in [3.8, 4) is 0 Å². The molecule has 1 fully saturated rings. The number of likely N-dealkylation sites (tertiary alicyclic amines) is 1. The number of aryl methyl sites for hydroxylation is 1. The van der Waals surface area contributed by atoms with E-state index in [1.54, 1.807) is 11.3 Å². The van der Waals surface area contributed by atoms with Crippen LogP contribution in [0.15, 0.2) is 11.4 Å². The maximum absolute atomic E-state index is 10.8. The highest BCUT2D eigenvalue weighted by molar-refractivity contribution is 7.10. The van der Waals surface area contributed by atoms with Gasteiger partial charge in [-0.25, -0.2) is 0 Å². The summed E-state index contributed by atoms with van der Waals surface area (Å²) in [4.78, 5) is 3.70. The van der Waals surface area contributed by atoms with E-state index in [1.807, 2.05) is 0 Å². The summed E-state index contributed by atoms with van der Waals surface area (Å²) < 4.78 is 0. The van der Waals surface area contributed by atoms with Crippen LogP contribution in [-0.4, -0.2) is 29.6 Å². The van der Waals surface area contributed by atoms with Gasteiger partial charge in [-0.05, 0) is 56.3 Å². The molecular weight excluding hydrogens is 218 g/mol. The minimum absolute atomic E-state index is 0.575. The predicted molar refractivity (Wildman–Crippen MR) is 68.9 cm³/mol. The van der Waals surface area contributed by atoms with E-state index < -0.39 is 5.60 Å². The van der Waals surface area contributed by atoms with Crippen LogP contribution in [0.25, 0.3) is 0 Å². The molecule has 2 heterocycles. The van der Waals surface area contributed by atoms with Gasteiger partial charge in [-0.2, -0.15) is 0 Å². The summed E-state index contributed by atoms with van der Waals surface area (Å²) in [5.41, 5.74) is 0.587. The summed E-state index contributed by atoms with van der Waals surface area (Å²) in [5, 5.41) is 12.9. The molecule has 0 spiro atoms. The largest absolute Gasteiger partial charge is 0.385 e. The molecule has 16 heavy (non-hydrogen) atoms. The number of nitrogens with zero attached hydrogens (tertiary/aromatic N) is 1. The Hall–Kier alpha value is -0.380. The van der Waals surface area contributed by atoms with Crippen molar-refractivity contribution in [1.82, 2.24) is 4.90 Å². The Morgan fingerprint density at radius 3 is 2.88 bits per heavy atom. The molecule has 1 unspecified atom stereocenters. The zero-order valence-corrected chi connectivity index (χ0v) is 11.0. The fourth-order valence-electron chi connectivity index (χ4n) is 2.63. The summed E-state index contributed by atoms with van der Waals surface area (Å²) in [5.74, 6) is 0. The van der Waals surface area contributed by atoms with Crippen molar-refractivity contribution in [3.63, 3.8) is 0 Å². The second-order valence-corrected chi connectivity index (χ2v) is 5.83. The van der Waals surface area contributed by atoms with E-state index in [2.05, 4.69) is 30.2 Å². The molecule has 1 aromatic heterocycles. The Labute approximate surface area is 102 Å². The molecule has 1 aliphatic rings. The van der Waals surface area contributed by atoms with Gasteiger partial charge >= 0.3 is 0 Å². The topological polar surface area (TPSA) is 23.5 Å². The third-order valence-electron chi connectivity index (χ3n) is 3.71. The van der Waals surface area contributed by atoms with Crippen molar-refractivity contribution >= 4 is 11.3 Å². The van der Waals surface area contributed by atoms with Crippen LogP contribution >= 0.6 is 11.3 Å². The Kier molecular flexibility index (Phi) is 3.67. The van der Waals surface area contributed by atoms with Crippen LogP contribution in [0, 0.1) is 6.92 Å². The van der Waals surface area contributed by atoms with Crippen LogP contribution in [0.3, 0.4) is 0 Å². The van der Waals surface area contributed by atoms with Crippen LogP contribution in [-0.2, 0) is 5.60 Å². The highest BCUT2D eigenvalue weighted by Crippen LogP contribution is 2.36. The SMILES string of the molecule is CCN1CCCC(O)(c2ccsc2C)CC1. The summed E-state index contributed by atoms with van der Waals surface area (Å²) in [6.45, 7) is 7.55. The van der Waals surface area contributed by atoms with Gasteiger partial charge in [0.05, 0.1) is 5.60 Å². The van der Waals surface area contributed by atoms with Crippen molar-refractivity contribution in [2.24, 2.45) is 0 Å². The van der Waals surface area contributed by atoms with Crippen molar-refractivity contribution in [2.45, 2.75) is 38.7 Å². The van der Waals surface area contributed by atoms with Crippen molar-refractivity contribution < 1.29 is 5.11 Å². The van der Waals surface area contributed by atoms with E-state index in [4.69, 9.17) is 0 Å². The maximum Gasteiger partial charge on any atom is 0.0919 e. The lowest BCUT2D eigenvalue weighted by atomic mass is 9.87. The molecule has 3 heteroatoms. The summed E-state index contributed by atoms with van der Waals surface area (Å²) in [6, 6.07) is 2.10. The highest BCUT2D eigenvalue weighted by Gasteiger charge is 2.33. The number of hydrogen-bond acceptors (Lipinski definition) is 3. The molecule has 1 aliphatic heterocycles. The monoisotopic (exact) mass is 239 g/mol. The first-order valence-electron chi connectivity index (χ1n) is 6.15. The molecule has 2 nitrogen and oxygen atoms in total. The van der Waals surface area contributed by atoms with Gasteiger partial charge in [0.2, 0.25) is 0 Å². The van der Waals surface area contributed by atoms with Gasteiger partial charge in [-0.1, -0.05) is 6.92 Å². The van der Waals surface area contributed by atoms with Gasteiger partial charge in [0.25, 0.3) is 0 Å². The first-order chi connectivity index (χ1) is 7.65. The second kappa shape index (κ2) is 4.86. The van der Waals surface area contributed by atoms with Crippen LogP contribution in [0.4, 0.5) is 0 Å². The van der Waals surface area contributed by atoms with Gasteiger partial charge in [-0.3, -0.25) is 0 Å². The van der Waals surface area contributed by atoms with E-state index in [9.17, 15) is 5.11 Å². The van der Waals surface area contributed by atoms with E-state index in [0.29, 0.717) is 0 Å². The molecule has 0 radical (unpaired) electrons. The predicted octanol–water partition coefficient (Wildman–Crippen LogP) is 2.75. The third kappa shape index (κ3) is 2.31. The summed E-state index contributed by atoms with van der Waals surface area (Å²) in [6.07, 6.45) is 2.87. The average Bonchev–Trinajstić information content (AvgIpc) is 2.60. The molecule has 0 saturated carbocycles. The first-order valence-corrected chi connectivity index (χ1v) is 7.03. The van der Waals surface area contributed by atoms with Gasteiger partial charge in [-0.15, -0.1) is 11.3 Å². The van der Waals surface area contributed by atoms with E-state index in [0.717, 1.165) is 44.5 Å². The minimum atomic E-state index is -0.575. The summed E-state index contributed by atoms with van der Waals surface area (Å²) in [7, 11) is 0. The zero-order valence-electron chi connectivity index (χ0n) is 10.2. The van der Waals surface area contributed by atoms with Gasteiger partial charge in [0, 0.05) is 11.4 Å². The fourth-order valence-corrected chi connectivity index (χ4v) is 3.42. The van der Waals surface area contributed by atoms with E-state index in [1.165, 1.54) is 4.88 Å². The lowest BCUT2D eigenvalue weighted by Crippen LogP contribution is -2.29. The minimum Gasteiger partial charge on any atom is -0.385 e. The standard InChI is InChI=1S/C13H21NOS/c1-3-14-8-4-6-13(15,7-9-14)12-5-10-16-11(12)2/h5,10,15H,3-4,6-9H2,1-2H3.